The summed E-state index contributed by atoms with van der Waals surface area (Å²) in [5.41, 5.74) is 7.05. The number of esters is 1. The van der Waals surface area contributed by atoms with Crippen LogP contribution in [0.25, 0.3) is 5.69 Å². The highest BCUT2D eigenvalue weighted by Crippen LogP contribution is 2.45. The van der Waals surface area contributed by atoms with Crippen LogP contribution in [0, 0.1) is 12.7 Å². The Balaban J connectivity index is 1.47. The van der Waals surface area contributed by atoms with E-state index in [1.54, 1.807) is 25.1 Å². The highest BCUT2D eigenvalue weighted by molar-refractivity contribution is 6.31. The first-order chi connectivity index (χ1) is 18.1. The SMILES string of the molecule is CCOC(=O)c1ccc(C)c(-n2ncc(C(=O)N3CCC[C@@]4(C3)OC(=O)Nc3ccc(Cl)c(F)c34)c2N)c1. The minimum absolute atomic E-state index is 0.0654. The molecule has 0 bridgehead atoms. The molecule has 0 aliphatic carbocycles. The van der Waals surface area contributed by atoms with Crippen LogP contribution < -0.4 is 11.1 Å². The summed E-state index contributed by atoms with van der Waals surface area (Å²) >= 11 is 6.04. The number of fused-ring (bicyclic) bond motifs is 2. The van der Waals surface area contributed by atoms with Gasteiger partial charge in [-0.1, -0.05) is 17.7 Å². The molecular weight excluding hydrogens is 517 g/mol. The fraction of sp³-hybridized carbons (Fsp3) is 0.308. The maximum absolute atomic E-state index is 15.2. The average molecular weight is 542 g/mol. The first-order valence-electron chi connectivity index (χ1n) is 12.0. The Hall–Kier alpha value is -4.12. The van der Waals surface area contributed by atoms with Crippen molar-refractivity contribution < 1.29 is 28.2 Å². The highest BCUT2D eigenvalue weighted by atomic mass is 35.5. The molecule has 1 fully saturated rings. The Bertz CT molecular complexity index is 1470. The summed E-state index contributed by atoms with van der Waals surface area (Å²) in [6.45, 7) is 4.02. The van der Waals surface area contributed by atoms with E-state index in [9.17, 15) is 14.4 Å². The van der Waals surface area contributed by atoms with Gasteiger partial charge in [-0.25, -0.2) is 18.7 Å². The van der Waals surface area contributed by atoms with Crippen LogP contribution in [0.5, 0.6) is 0 Å². The second kappa shape index (κ2) is 9.64. The van der Waals surface area contributed by atoms with E-state index in [1.807, 2.05) is 6.92 Å². The third kappa shape index (κ3) is 4.22. The van der Waals surface area contributed by atoms with Crippen molar-refractivity contribution in [2.75, 3.05) is 30.7 Å². The van der Waals surface area contributed by atoms with E-state index >= 15 is 4.39 Å². The van der Waals surface area contributed by atoms with E-state index in [0.717, 1.165) is 5.56 Å². The summed E-state index contributed by atoms with van der Waals surface area (Å²) in [6.07, 6.45) is 1.36. The molecule has 2 aliphatic heterocycles. The maximum Gasteiger partial charge on any atom is 0.412 e. The van der Waals surface area contributed by atoms with Gasteiger partial charge in [-0.2, -0.15) is 5.10 Å². The Kier molecular flexibility index (Phi) is 6.47. The molecule has 3 heterocycles. The van der Waals surface area contributed by atoms with Gasteiger partial charge in [0.1, 0.15) is 11.4 Å². The van der Waals surface area contributed by atoms with E-state index < -0.39 is 29.4 Å². The van der Waals surface area contributed by atoms with Crippen LogP contribution in [0.2, 0.25) is 5.02 Å². The molecule has 12 heteroatoms. The van der Waals surface area contributed by atoms with E-state index in [4.69, 9.17) is 26.8 Å². The number of nitrogens with zero attached hydrogens (tertiary/aromatic N) is 3. The fourth-order valence-corrected chi connectivity index (χ4v) is 5.17. The summed E-state index contributed by atoms with van der Waals surface area (Å²) in [5, 5.41) is 6.69. The van der Waals surface area contributed by atoms with E-state index in [0.29, 0.717) is 30.6 Å². The van der Waals surface area contributed by atoms with E-state index in [-0.39, 0.29) is 40.8 Å². The largest absolute Gasteiger partial charge is 0.462 e. The zero-order chi connectivity index (χ0) is 27.2. The number of carbonyl (C=O) groups is 3. The third-order valence-corrected chi connectivity index (χ3v) is 7.09. The number of nitrogen functional groups attached to an aromatic ring is 1. The van der Waals surface area contributed by atoms with Crippen molar-refractivity contribution >= 4 is 41.1 Å². The molecule has 198 valence electrons. The Morgan fingerprint density at radius 1 is 1.32 bits per heavy atom. The van der Waals surface area contributed by atoms with Crippen molar-refractivity contribution in [3.8, 4) is 5.69 Å². The van der Waals surface area contributed by atoms with Crippen molar-refractivity contribution in [2.45, 2.75) is 32.3 Å². The summed E-state index contributed by atoms with van der Waals surface area (Å²) in [5.74, 6) is -1.58. The molecule has 2 aromatic carbocycles. The van der Waals surface area contributed by atoms with Crippen LogP contribution in [0.15, 0.2) is 36.5 Å². The lowest BCUT2D eigenvalue weighted by molar-refractivity contribution is -0.0418. The van der Waals surface area contributed by atoms with Crippen molar-refractivity contribution in [2.24, 2.45) is 0 Å². The topological polar surface area (TPSA) is 129 Å². The molecular formula is C26H25ClFN5O5. The number of nitrogens with two attached hydrogens (primary N) is 1. The van der Waals surface area contributed by atoms with Crippen LogP contribution in [-0.4, -0.2) is 52.3 Å². The number of halogens is 2. The van der Waals surface area contributed by atoms with Crippen molar-refractivity contribution in [3.05, 3.63) is 69.6 Å². The Morgan fingerprint density at radius 2 is 2.11 bits per heavy atom. The molecule has 0 saturated carbocycles. The van der Waals surface area contributed by atoms with Gasteiger partial charge in [0.15, 0.2) is 11.4 Å². The predicted octanol–water partition coefficient (Wildman–Crippen LogP) is 4.43. The van der Waals surface area contributed by atoms with Crippen molar-refractivity contribution in [3.63, 3.8) is 0 Å². The molecule has 1 saturated heterocycles. The van der Waals surface area contributed by atoms with Crippen LogP contribution >= 0.6 is 11.6 Å². The van der Waals surface area contributed by atoms with Gasteiger partial charge in [-0.3, -0.25) is 10.1 Å². The molecule has 3 N–H and O–H groups in total. The van der Waals surface area contributed by atoms with Crippen molar-refractivity contribution in [1.29, 1.82) is 0 Å². The smallest absolute Gasteiger partial charge is 0.412 e. The number of hydrogen-bond acceptors (Lipinski definition) is 7. The van der Waals surface area contributed by atoms with Crippen LogP contribution in [0.4, 0.5) is 20.7 Å². The van der Waals surface area contributed by atoms with Crippen LogP contribution in [-0.2, 0) is 15.1 Å². The first kappa shape index (κ1) is 25.5. The molecule has 0 radical (unpaired) electrons. The lowest BCUT2D eigenvalue weighted by Crippen LogP contribution is -2.53. The minimum Gasteiger partial charge on any atom is -0.462 e. The Labute approximate surface area is 222 Å². The molecule has 1 aromatic heterocycles. The number of rotatable bonds is 4. The molecule has 1 atom stereocenters. The minimum atomic E-state index is -1.41. The molecule has 10 nitrogen and oxygen atoms in total. The first-order valence-corrected chi connectivity index (χ1v) is 12.4. The number of piperidine rings is 1. The molecule has 0 unspecified atom stereocenters. The molecule has 5 rings (SSSR count). The molecule has 1 spiro atoms. The summed E-state index contributed by atoms with van der Waals surface area (Å²) < 4.78 is 27.3. The van der Waals surface area contributed by atoms with Gasteiger partial charge in [-0.15, -0.1) is 0 Å². The maximum atomic E-state index is 15.2. The van der Waals surface area contributed by atoms with Gasteiger partial charge >= 0.3 is 12.1 Å². The van der Waals surface area contributed by atoms with Crippen molar-refractivity contribution in [1.82, 2.24) is 14.7 Å². The highest BCUT2D eigenvalue weighted by Gasteiger charge is 2.48. The zero-order valence-corrected chi connectivity index (χ0v) is 21.5. The number of aryl methyl sites for hydroxylation is 1. The quantitative estimate of drug-likeness (QED) is 0.468. The molecule has 3 aromatic rings. The van der Waals surface area contributed by atoms with Crippen LogP contribution in [0.1, 0.15) is 51.6 Å². The van der Waals surface area contributed by atoms with Gasteiger partial charge in [0, 0.05) is 6.54 Å². The van der Waals surface area contributed by atoms with Crippen LogP contribution in [0.3, 0.4) is 0 Å². The monoisotopic (exact) mass is 541 g/mol. The predicted molar refractivity (Wildman–Crippen MR) is 137 cm³/mol. The van der Waals surface area contributed by atoms with E-state index in [2.05, 4.69) is 10.4 Å². The normalized spacial score (nSPS) is 18.5. The van der Waals surface area contributed by atoms with Gasteiger partial charge in [-0.05, 0) is 56.5 Å². The number of amides is 2. The number of ether oxygens (including phenoxy) is 2. The number of likely N-dealkylation sites (tertiary alicyclic amines) is 1. The summed E-state index contributed by atoms with van der Waals surface area (Å²) in [7, 11) is 0. The van der Waals surface area contributed by atoms with Gasteiger partial charge in [0.2, 0.25) is 0 Å². The lowest BCUT2D eigenvalue weighted by Gasteiger charge is -2.45. The summed E-state index contributed by atoms with van der Waals surface area (Å²) in [4.78, 5) is 39.7. The number of benzene rings is 2. The Morgan fingerprint density at radius 3 is 2.87 bits per heavy atom. The lowest BCUT2D eigenvalue weighted by atomic mass is 9.83. The average Bonchev–Trinajstić information content (AvgIpc) is 3.26. The fourth-order valence-electron chi connectivity index (χ4n) is 5.01. The van der Waals surface area contributed by atoms with Gasteiger partial charge in [0.05, 0.1) is 46.9 Å². The molecule has 2 aliphatic rings. The second-order valence-electron chi connectivity index (χ2n) is 9.20. The third-order valence-electron chi connectivity index (χ3n) is 6.80. The number of carbonyl (C=O) groups excluding carboxylic acids is 3. The number of anilines is 2. The molecule has 2 amide bonds. The molecule has 38 heavy (non-hydrogen) atoms. The number of hydrogen-bond donors (Lipinski definition) is 2. The van der Waals surface area contributed by atoms with E-state index in [1.165, 1.54) is 27.9 Å². The standard InChI is InChI=1S/C26H25ClFN5O5/c1-3-37-24(35)15-6-5-14(2)19(11-15)33-22(29)16(12-30-33)23(34)32-10-4-9-26(13-32)20-18(31-25(36)38-26)8-7-17(27)21(20)28/h5-8,11-12H,3-4,9-10,13,29H2,1-2H3,(H,31,36)/t26-/m0/s1. The van der Waals surface area contributed by atoms with Gasteiger partial charge in [0.25, 0.3) is 5.91 Å². The van der Waals surface area contributed by atoms with Gasteiger partial charge < -0.3 is 20.1 Å². The summed E-state index contributed by atoms with van der Waals surface area (Å²) in [6, 6.07) is 7.84. The number of nitrogens with one attached hydrogen (secondary N) is 1. The zero-order valence-electron chi connectivity index (χ0n) is 20.7. The second-order valence-corrected chi connectivity index (χ2v) is 9.61. The number of aromatic nitrogens is 2.